The zero-order valence-electron chi connectivity index (χ0n) is 17.4. The number of rotatable bonds is 8. The molecule has 31 heavy (non-hydrogen) atoms. The molecule has 2 heterocycles. The number of carbonyl (C=O) groups is 2. The molecule has 1 aromatic heterocycles. The summed E-state index contributed by atoms with van der Waals surface area (Å²) in [6.07, 6.45) is 0.381. The number of nitrogens with one attached hydrogen (secondary N) is 4. The molecule has 0 saturated carbocycles. The third-order valence-corrected chi connectivity index (χ3v) is 5.18. The van der Waals surface area contributed by atoms with E-state index in [0.717, 1.165) is 5.69 Å². The van der Waals surface area contributed by atoms with Crippen molar-refractivity contribution in [2.75, 3.05) is 41.4 Å². The molecular formula is C20H27N7O4. The second kappa shape index (κ2) is 9.37. The smallest absolute Gasteiger partial charge is 0.303 e. The lowest BCUT2D eigenvalue weighted by Gasteiger charge is -2.35. The lowest BCUT2D eigenvalue weighted by Crippen LogP contribution is -2.48. The van der Waals surface area contributed by atoms with E-state index in [1.54, 1.807) is 31.2 Å². The first kappa shape index (κ1) is 21.9. The first-order chi connectivity index (χ1) is 14.7. The number of hydrogen-bond acceptors (Lipinski definition) is 8. The maximum absolute atomic E-state index is 12.3. The summed E-state index contributed by atoms with van der Waals surface area (Å²) >= 11 is 0. The van der Waals surface area contributed by atoms with Gasteiger partial charge in [0, 0.05) is 43.9 Å². The van der Waals surface area contributed by atoms with Crippen LogP contribution in [-0.2, 0) is 4.79 Å². The second-order valence-electron chi connectivity index (χ2n) is 7.56. The van der Waals surface area contributed by atoms with E-state index in [1.807, 2.05) is 11.9 Å². The minimum Gasteiger partial charge on any atom is -0.481 e. The van der Waals surface area contributed by atoms with E-state index in [2.05, 4.69) is 25.9 Å². The van der Waals surface area contributed by atoms with Crippen LogP contribution in [0.2, 0.25) is 0 Å². The molecule has 0 fully saturated rings. The number of H-pyrrole nitrogens is 1. The molecule has 11 nitrogen and oxygen atoms in total. The second-order valence-corrected chi connectivity index (χ2v) is 7.56. The third kappa shape index (κ3) is 5.44. The summed E-state index contributed by atoms with van der Waals surface area (Å²) < 4.78 is 0. The fourth-order valence-corrected chi connectivity index (χ4v) is 3.37. The van der Waals surface area contributed by atoms with E-state index in [9.17, 15) is 14.4 Å². The number of hydrogen-bond donors (Lipinski definition) is 6. The van der Waals surface area contributed by atoms with Crippen LogP contribution in [0.5, 0.6) is 0 Å². The Kier molecular flexibility index (Phi) is 6.63. The summed E-state index contributed by atoms with van der Waals surface area (Å²) in [7, 11) is 1.83. The van der Waals surface area contributed by atoms with Crippen LogP contribution in [0.3, 0.4) is 0 Å². The zero-order chi connectivity index (χ0) is 22.5. The third-order valence-electron chi connectivity index (χ3n) is 5.18. The number of anilines is 4. The molecule has 1 aliphatic heterocycles. The van der Waals surface area contributed by atoms with Crippen LogP contribution in [0.25, 0.3) is 0 Å². The van der Waals surface area contributed by atoms with E-state index >= 15 is 0 Å². The predicted molar refractivity (Wildman–Crippen MR) is 119 cm³/mol. The highest BCUT2D eigenvalue weighted by atomic mass is 16.4. The van der Waals surface area contributed by atoms with Crippen molar-refractivity contribution < 1.29 is 14.7 Å². The standard InChI is InChI=1S/C20H27N7O4/c1-11(3-8-15(28)29)24-18(30)12-4-6-13(7-5-12)22-9-14-10-23-17-16(27(14)2)19(31)26-20(21)25-17/h4-7,11,14,22H,3,8-10H2,1-2H3,(H,24,30)(H,28,29)(H4,21,23,25,26,31)/t11-,14?/m1/s1. The van der Waals surface area contributed by atoms with Crippen LogP contribution in [0.4, 0.5) is 23.1 Å². The highest BCUT2D eigenvalue weighted by Gasteiger charge is 2.27. The predicted octanol–water partition coefficient (Wildman–Crippen LogP) is 0.678. The number of aromatic amines is 1. The van der Waals surface area contributed by atoms with Gasteiger partial charge in [-0.15, -0.1) is 0 Å². The van der Waals surface area contributed by atoms with Gasteiger partial charge in [0.05, 0.1) is 6.04 Å². The van der Waals surface area contributed by atoms with Gasteiger partial charge in [0.25, 0.3) is 11.5 Å². The fourth-order valence-electron chi connectivity index (χ4n) is 3.37. The van der Waals surface area contributed by atoms with Gasteiger partial charge in [-0.25, -0.2) is 0 Å². The number of amides is 1. The molecule has 1 aromatic carbocycles. The Hall–Kier alpha value is -3.76. The molecule has 3 rings (SSSR count). The van der Waals surface area contributed by atoms with E-state index in [0.29, 0.717) is 36.6 Å². The van der Waals surface area contributed by atoms with Crippen LogP contribution in [0.1, 0.15) is 30.1 Å². The van der Waals surface area contributed by atoms with Crippen molar-refractivity contribution >= 4 is 35.0 Å². The Morgan fingerprint density at radius 3 is 2.74 bits per heavy atom. The summed E-state index contributed by atoms with van der Waals surface area (Å²) in [5.41, 5.74) is 7.07. The molecule has 0 saturated heterocycles. The van der Waals surface area contributed by atoms with Crippen LogP contribution in [0.15, 0.2) is 29.1 Å². The van der Waals surface area contributed by atoms with Gasteiger partial charge in [-0.05, 0) is 37.6 Å². The van der Waals surface area contributed by atoms with Gasteiger partial charge in [0.2, 0.25) is 5.95 Å². The minimum absolute atomic E-state index is 0.00270. The topological polar surface area (TPSA) is 165 Å². The summed E-state index contributed by atoms with van der Waals surface area (Å²) in [5, 5.41) is 18.0. The average Bonchev–Trinajstić information content (AvgIpc) is 2.71. The summed E-state index contributed by atoms with van der Waals surface area (Å²) in [4.78, 5) is 43.6. The number of nitrogens with zero attached hydrogens (tertiary/aromatic N) is 2. The van der Waals surface area contributed by atoms with Gasteiger partial charge in [0.1, 0.15) is 5.69 Å². The van der Waals surface area contributed by atoms with Gasteiger partial charge >= 0.3 is 5.97 Å². The van der Waals surface area contributed by atoms with Crippen molar-refractivity contribution in [1.29, 1.82) is 0 Å². The first-order valence-electron chi connectivity index (χ1n) is 9.97. The van der Waals surface area contributed by atoms with Crippen molar-refractivity contribution in [2.45, 2.75) is 31.8 Å². The average molecular weight is 429 g/mol. The number of carbonyl (C=O) groups excluding carboxylic acids is 1. The van der Waals surface area contributed by atoms with Crippen LogP contribution in [-0.4, -0.2) is 59.2 Å². The summed E-state index contributed by atoms with van der Waals surface area (Å²) in [6.45, 7) is 2.92. The van der Waals surface area contributed by atoms with Crippen LogP contribution >= 0.6 is 0 Å². The van der Waals surface area contributed by atoms with Gasteiger partial charge in [-0.2, -0.15) is 4.98 Å². The minimum atomic E-state index is -0.885. The number of aromatic nitrogens is 2. The highest BCUT2D eigenvalue weighted by Crippen LogP contribution is 2.25. The van der Waals surface area contributed by atoms with Gasteiger partial charge in [0.15, 0.2) is 5.82 Å². The van der Waals surface area contributed by atoms with E-state index in [1.165, 1.54) is 0 Å². The molecule has 1 amide bonds. The fraction of sp³-hybridized carbons (Fsp3) is 0.400. The lowest BCUT2D eigenvalue weighted by molar-refractivity contribution is -0.137. The Balaban J connectivity index is 1.55. The van der Waals surface area contributed by atoms with Gasteiger partial charge < -0.3 is 31.7 Å². The summed E-state index contributed by atoms with van der Waals surface area (Å²) in [5.74, 6) is -0.596. The Morgan fingerprint density at radius 1 is 1.35 bits per heavy atom. The molecule has 0 aliphatic carbocycles. The normalized spacial score (nSPS) is 16.1. The molecule has 0 bridgehead atoms. The van der Waals surface area contributed by atoms with Crippen molar-refractivity contribution in [3.05, 3.63) is 40.2 Å². The molecule has 0 spiro atoms. The number of carboxylic acid groups (broad SMARTS) is 1. The molecule has 2 aromatic rings. The number of carboxylic acids is 1. The van der Waals surface area contributed by atoms with Crippen molar-refractivity contribution in [2.24, 2.45) is 0 Å². The van der Waals surface area contributed by atoms with E-state index < -0.39 is 5.97 Å². The monoisotopic (exact) mass is 429 g/mol. The lowest BCUT2D eigenvalue weighted by atomic mass is 10.1. The molecule has 7 N–H and O–H groups in total. The van der Waals surface area contributed by atoms with E-state index in [4.69, 9.17) is 10.8 Å². The largest absolute Gasteiger partial charge is 0.481 e. The maximum atomic E-state index is 12.3. The number of fused-ring (bicyclic) bond motifs is 1. The van der Waals surface area contributed by atoms with Gasteiger partial charge in [-0.1, -0.05) is 0 Å². The Bertz CT molecular complexity index is 1010. The molecule has 0 radical (unpaired) electrons. The number of nitrogen functional groups attached to an aromatic ring is 1. The molecular weight excluding hydrogens is 402 g/mol. The van der Waals surface area contributed by atoms with Gasteiger partial charge in [-0.3, -0.25) is 19.4 Å². The SMILES string of the molecule is C[C@H](CCC(=O)O)NC(=O)c1ccc(NCC2CNc3nc(N)[nH]c(=O)c3N2C)cc1. The number of likely N-dealkylation sites (N-methyl/N-ethyl adjacent to an activating group) is 1. The summed E-state index contributed by atoms with van der Waals surface area (Å²) in [6, 6.07) is 6.78. The molecule has 2 atom stereocenters. The van der Waals surface area contributed by atoms with Crippen molar-refractivity contribution in [3.8, 4) is 0 Å². The number of nitrogens with two attached hydrogens (primary N) is 1. The molecule has 166 valence electrons. The number of benzene rings is 1. The molecule has 11 heteroatoms. The number of aliphatic carboxylic acids is 1. The maximum Gasteiger partial charge on any atom is 0.303 e. The molecule has 1 unspecified atom stereocenters. The van der Waals surface area contributed by atoms with Crippen LogP contribution in [0, 0.1) is 0 Å². The van der Waals surface area contributed by atoms with Crippen LogP contribution < -0.4 is 32.1 Å². The first-order valence-corrected chi connectivity index (χ1v) is 9.97. The van der Waals surface area contributed by atoms with Crippen molar-refractivity contribution in [3.63, 3.8) is 0 Å². The van der Waals surface area contributed by atoms with E-state index in [-0.39, 0.29) is 35.9 Å². The zero-order valence-corrected chi connectivity index (χ0v) is 17.4. The molecule has 1 aliphatic rings. The van der Waals surface area contributed by atoms with Crippen molar-refractivity contribution in [1.82, 2.24) is 15.3 Å². The Labute approximate surface area is 179 Å². The Morgan fingerprint density at radius 2 is 2.06 bits per heavy atom. The highest BCUT2D eigenvalue weighted by molar-refractivity contribution is 5.94. The quantitative estimate of drug-likeness (QED) is 0.354.